The van der Waals surface area contributed by atoms with Crippen LogP contribution in [-0.2, 0) is 14.3 Å². The molecule has 0 bridgehead atoms. The molecule has 1 N–H and O–H groups in total. The molecule has 0 aromatic heterocycles. The van der Waals surface area contributed by atoms with Crippen molar-refractivity contribution in [1.82, 2.24) is 5.32 Å². The Morgan fingerprint density at radius 2 is 2.29 bits per heavy atom. The zero-order valence-corrected chi connectivity index (χ0v) is 11.2. The van der Waals surface area contributed by atoms with Gasteiger partial charge in [0.2, 0.25) is 5.91 Å². The lowest BCUT2D eigenvalue weighted by Gasteiger charge is -2.38. The van der Waals surface area contributed by atoms with Gasteiger partial charge in [0, 0.05) is 29.4 Å². The Morgan fingerprint density at radius 1 is 1.41 bits per heavy atom. The fourth-order valence-corrected chi connectivity index (χ4v) is 3.23. The molecule has 0 aromatic carbocycles. The molecule has 0 radical (unpaired) electrons. The van der Waals surface area contributed by atoms with Gasteiger partial charge in [-0.05, 0) is 19.3 Å². The van der Waals surface area contributed by atoms with E-state index in [4.69, 9.17) is 9.47 Å². The van der Waals surface area contributed by atoms with Gasteiger partial charge in [0.1, 0.15) is 0 Å². The first kappa shape index (κ1) is 11.7. The van der Waals surface area contributed by atoms with Crippen molar-refractivity contribution < 1.29 is 14.3 Å². The smallest absolute Gasteiger partial charge is 0.224 e. The molecule has 17 heavy (non-hydrogen) atoms. The standard InChI is InChI=1S/C12H16BrNO3/c13-6-8-7-16-12(17-8)5-1-2-10-9(12)3-4-11(15)14-10/h8H,1-7H2,(H,14,15). The second-order valence-corrected chi connectivity index (χ2v) is 5.46. The van der Waals surface area contributed by atoms with Crippen LogP contribution >= 0.6 is 15.9 Å². The molecule has 1 spiro atoms. The highest BCUT2D eigenvalue weighted by Crippen LogP contribution is 2.44. The zero-order chi connectivity index (χ0) is 11.9. The van der Waals surface area contributed by atoms with Gasteiger partial charge in [-0.25, -0.2) is 0 Å². The molecule has 3 aliphatic rings. The van der Waals surface area contributed by atoms with Crippen LogP contribution in [0.25, 0.3) is 0 Å². The molecular weight excluding hydrogens is 286 g/mol. The topological polar surface area (TPSA) is 47.6 Å². The molecule has 0 saturated carbocycles. The number of alkyl halides is 1. The number of amides is 1. The van der Waals surface area contributed by atoms with Gasteiger partial charge in [-0.2, -0.15) is 0 Å². The average Bonchev–Trinajstić information content (AvgIpc) is 2.73. The Bertz CT molecular complexity index is 382. The summed E-state index contributed by atoms with van der Waals surface area (Å²) in [6.07, 6.45) is 4.30. The van der Waals surface area contributed by atoms with Crippen LogP contribution in [0.1, 0.15) is 32.1 Å². The molecule has 3 rings (SSSR count). The van der Waals surface area contributed by atoms with E-state index in [1.165, 1.54) is 5.57 Å². The van der Waals surface area contributed by atoms with Crippen molar-refractivity contribution in [2.24, 2.45) is 0 Å². The number of ether oxygens (including phenoxy) is 2. The van der Waals surface area contributed by atoms with E-state index in [1.807, 2.05) is 0 Å². The van der Waals surface area contributed by atoms with E-state index in [-0.39, 0.29) is 12.0 Å². The minimum Gasteiger partial charge on any atom is -0.343 e. The molecule has 0 aromatic rings. The number of carbonyl (C=O) groups excluding carboxylic acids is 1. The number of hydrogen-bond donors (Lipinski definition) is 1. The molecule has 1 aliphatic carbocycles. The van der Waals surface area contributed by atoms with Crippen LogP contribution in [0.3, 0.4) is 0 Å². The minimum absolute atomic E-state index is 0.121. The SMILES string of the molecule is O=C1CCC2=C(CCCC23OCC(CBr)O3)N1. The minimum atomic E-state index is -0.542. The van der Waals surface area contributed by atoms with Crippen LogP contribution in [0.5, 0.6) is 0 Å². The summed E-state index contributed by atoms with van der Waals surface area (Å²) in [7, 11) is 0. The Kier molecular flexibility index (Phi) is 3.00. The van der Waals surface area contributed by atoms with Crippen molar-refractivity contribution in [3.8, 4) is 0 Å². The molecular formula is C12H16BrNO3. The quantitative estimate of drug-likeness (QED) is 0.752. The summed E-state index contributed by atoms with van der Waals surface area (Å²) < 4.78 is 12.0. The van der Waals surface area contributed by atoms with Gasteiger partial charge < -0.3 is 14.8 Å². The Morgan fingerprint density at radius 3 is 3.06 bits per heavy atom. The average molecular weight is 302 g/mol. The number of fused-ring (bicyclic) bond motifs is 1. The maximum atomic E-state index is 11.4. The lowest BCUT2D eigenvalue weighted by atomic mass is 9.85. The van der Waals surface area contributed by atoms with Crippen LogP contribution in [0.15, 0.2) is 11.3 Å². The summed E-state index contributed by atoms with van der Waals surface area (Å²) >= 11 is 3.43. The number of carbonyl (C=O) groups is 1. The molecule has 1 fully saturated rings. The Labute approximate surface area is 109 Å². The first-order chi connectivity index (χ1) is 8.23. The van der Waals surface area contributed by atoms with Gasteiger partial charge in [-0.3, -0.25) is 4.79 Å². The number of rotatable bonds is 1. The number of halogens is 1. The second kappa shape index (κ2) is 4.37. The van der Waals surface area contributed by atoms with E-state index in [9.17, 15) is 4.79 Å². The number of nitrogens with one attached hydrogen (secondary N) is 1. The van der Waals surface area contributed by atoms with E-state index in [2.05, 4.69) is 21.2 Å². The number of hydrogen-bond acceptors (Lipinski definition) is 3. The first-order valence-electron chi connectivity index (χ1n) is 6.13. The summed E-state index contributed by atoms with van der Waals surface area (Å²) in [6, 6.07) is 0. The molecule has 4 nitrogen and oxygen atoms in total. The molecule has 5 heteroatoms. The molecule has 2 heterocycles. The maximum Gasteiger partial charge on any atom is 0.224 e. The third-order valence-electron chi connectivity index (χ3n) is 3.68. The number of allylic oxidation sites excluding steroid dienone is 1. The largest absolute Gasteiger partial charge is 0.343 e. The molecule has 2 unspecified atom stereocenters. The van der Waals surface area contributed by atoms with E-state index in [1.54, 1.807) is 0 Å². The molecule has 1 amide bonds. The highest BCUT2D eigenvalue weighted by atomic mass is 79.9. The van der Waals surface area contributed by atoms with Gasteiger partial charge >= 0.3 is 0 Å². The van der Waals surface area contributed by atoms with E-state index >= 15 is 0 Å². The first-order valence-corrected chi connectivity index (χ1v) is 7.26. The van der Waals surface area contributed by atoms with Crippen LogP contribution in [0, 0.1) is 0 Å². The summed E-state index contributed by atoms with van der Waals surface area (Å²) in [5.74, 6) is -0.421. The van der Waals surface area contributed by atoms with Gasteiger partial charge in [-0.1, -0.05) is 15.9 Å². The molecule has 1 saturated heterocycles. The summed E-state index contributed by atoms with van der Waals surface area (Å²) in [5.41, 5.74) is 2.22. The zero-order valence-electron chi connectivity index (χ0n) is 9.63. The predicted octanol–water partition coefficient (Wildman–Crippen LogP) is 1.84. The molecule has 2 aliphatic heterocycles. The Balaban J connectivity index is 1.90. The monoisotopic (exact) mass is 301 g/mol. The van der Waals surface area contributed by atoms with E-state index in [0.29, 0.717) is 13.0 Å². The van der Waals surface area contributed by atoms with Crippen molar-refractivity contribution >= 4 is 21.8 Å². The van der Waals surface area contributed by atoms with Crippen molar-refractivity contribution in [2.45, 2.75) is 44.0 Å². The summed E-state index contributed by atoms with van der Waals surface area (Å²) in [5, 5.41) is 3.77. The maximum absolute atomic E-state index is 11.4. The van der Waals surface area contributed by atoms with E-state index < -0.39 is 5.79 Å². The third kappa shape index (κ3) is 1.94. The lowest BCUT2D eigenvalue weighted by Crippen LogP contribution is -2.43. The van der Waals surface area contributed by atoms with Crippen molar-refractivity contribution in [3.05, 3.63) is 11.3 Å². The summed E-state index contributed by atoms with van der Waals surface area (Å²) in [4.78, 5) is 11.4. The van der Waals surface area contributed by atoms with Crippen molar-refractivity contribution in [1.29, 1.82) is 0 Å². The fourth-order valence-electron chi connectivity index (χ4n) is 2.91. The van der Waals surface area contributed by atoms with E-state index in [0.717, 1.165) is 36.7 Å². The lowest BCUT2D eigenvalue weighted by molar-refractivity contribution is -0.149. The van der Waals surface area contributed by atoms with Gasteiger partial charge in [0.25, 0.3) is 0 Å². The fraction of sp³-hybridized carbons (Fsp3) is 0.750. The highest BCUT2D eigenvalue weighted by molar-refractivity contribution is 9.09. The van der Waals surface area contributed by atoms with Crippen molar-refractivity contribution in [2.75, 3.05) is 11.9 Å². The third-order valence-corrected chi connectivity index (χ3v) is 4.40. The Hall–Kier alpha value is -0.390. The predicted molar refractivity (Wildman–Crippen MR) is 65.6 cm³/mol. The van der Waals surface area contributed by atoms with Crippen molar-refractivity contribution in [3.63, 3.8) is 0 Å². The van der Waals surface area contributed by atoms with Crippen LogP contribution in [0.2, 0.25) is 0 Å². The van der Waals surface area contributed by atoms with Crippen LogP contribution in [-0.4, -0.2) is 29.7 Å². The highest BCUT2D eigenvalue weighted by Gasteiger charge is 2.48. The van der Waals surface area contributed by atoms with Crippen LogP contribution < -0.4 is 5.32 Å². The van der Waals surface area contributed by atoms with Gasteiger partial charge in [0.05, 0.1) is 12.7 Å². The second-order valence-electron chi connectivity index (χ2n) is 4.82. The van der Waals surface area contributed by atoms with Gasteiger partial charge in [-0.15, -0.1) is 0 Å². The molecule has 94 valence electrons. The van der Waals surface area contributed by atoms with Gasteiger partial charge in [0.15, 0.2) is 5.79 Å². The normalized spacial score (nSPS) is 37.2. The summed E-state index contributed by atoms with van der Waals surface area (Å²) in [6.45, 7) is 0.635. The molecule has 2 atom stereocenters. The van der Waals surface area contributed by atoms with Crippen LogP contribution in [0.4, 0.5) is 0 Å².